The van der Waals surface area contributed by atoms with E-state index < -0.39 is 53.9 Å². The summed E-state index contributed by atoms with van der Waals surface area (Å²) in [4.78, 5) is 14.4. The molecule has 29 heavy (non-hydrogen) atoms. The average molecular weight is 409 g/mol. The van der Waals surface area contributed by atoms with E-state index in [4.69, 9.17) is 9.15 Å². The highest BCUT2D eigenvalue weighted by Crippen LogP contribution is 2.37. The third-order valence-corrected chi connectivity index (χ3v) is 4.77. The summed E-state index contributed by atoms with van der Waals surface area (Å²) in [7, 11) is 0. The Bertz CT molecular complexity index is 1060. The molecule has 0 saturated carbocycles. The van der Waals surface area contributed by atoms with Crippen molar-refractivity contribution in [3.63, 3.8) is 0 Å². The summed E-state index contributed by atoms with van der Waals surface area (Å²) >= 11 is 0. The quantitative estimate of drug-likeness (QED) is 0.351. The summed E-state index contributed by atoms with van der Waals surface area (Å²) in [6.45, 7) is -0.649. The minimum Gasteiger partial charge on any atom is -0.397 e. The topological polar surface area (TPSA) is 164 Å². The summed E-state index contributed by atoms with van der Waals surface area (Å²) in [5, 5.41) is 51.0. The third-order valence-electron chi connectivity index (χ3n) is 4.77. The number of aromatic nitrogens is 2. The van der Waals surface area contributed by atoms with E-state index in [0.717, 1.165) is 18.2 Å². The molecule has 0 radical (unpaired) electrons. The fourth-order valence-electron chi connectivity index (χ4n) is 3.34. The van der Waals surface area contributed by atoms with E-state index >= 15 is 0 Å². The van der Waals surface area contributed by atoms with Crippen LogP contribution in [0.1, 0.15) is 6.23 Å². The van der Waals surface area contributed by atoms with Gasteiger partial charge in [-0.2, -0.15) is 0 Å². The number of hydrogen-bond acceptors (Lipinski definition) is 9. The lowest BCUT2D eigenvalue weighted by Crippen LogP contribution is -2.56. The van der Waals surface area contributed by atoms with E-state index in [1.807, 2.05) is 0 Å². The molecule has 3 aromatic rings. The maximum Gasteiger partial charge on any atom is 0.433 e. The molecule has 2 aromatic heterocycles. The van der Waals surface area contributed by atoms with E-state index in [2.05, 4.69) is 4.98 Å². The van der Waals surface area contributed by atoms with Crippen LogP contribution in [0.3, 0.4) is 0 Å². The van der Waals surface area contributed by atoms with Crippen molar-refractivity contribution >= 4 is 16.9 Å². The summed E-state index contributed by atoms with van der Waals surface area (Å²) < 4.78 is 25.7. The number of benzene rings is 1. The SMILES string of the molecule is O=[N+]([O-])c1ccc(-c2nc3cc(F)ccc3n2[C@H]2O[C@H](CO)[C@@H](O)[C@H](O)[C@H]2O)o1. The van der Waals surface area contributed by atoms with Crippen LogP contribution in [0.2, 0.25) is 0 Å². The molecule has 12 heteroatoms. The fourth-order valence-corrected chi connectivity index (χ4v) is 3.34. The van der Waals surface area contributed by atoms with Gasteiger partial charge in [0.2, 0.25) is 0 Å². The number of nitrogens with zero attached hydrogens (tertiary/aromatic N) is 3. The van der Waals surface area contributed by atoms with Crippen LogP contribution in [0.4, 0.5) is 10.3 Å². The molecule has 1 aromatic carbocycles. The molecule has 0 aliphatic carbocycles. The fraction of sp³-hybridized carbons (Fsp3) is 0.353. The number of hydrogen-bond donors (Lipinski definition) is 4. The Morgan fingerprint density at radius 2 is 1.93 bits per heavy atom. The zero-order valence-electron chi connectivity index (χ0n) is 14.6. The van der Waals surface area contributed by atoms with Crippen LogP contribution in [0.15, 0.2) is 34.7 Å². The number of aliphatic hydroxyl groups is 4. The van der Waals surface area contributed by atoms with Crippen molar-refractivity contribution in [2.75, 3.05) is 6.61 Å². The Labute approximate surface area is 161 Å². The van der Waals surface area contributed by atoms with Crippen LogP contribution in [0.25, 0.3) is 22.6 Å². The van der Waals surface area contributed by atoms with E-state index in [1.165, 1.54) is 16.7 Å². The number of imidazole rings is 1. The Balaban J connectivity index is 1.90. The number of halogens is 1. The van der Waals surface area contributed by atoms with Crippen molar-refractivity contribution in [2.24, 2.45) is 0 Å². The Hall–Kier alpha value is -2.90. The number of aliphatic hydroxyl groups excluding tert-OH is 4. The van der Waals surface area contributed by atoms with Crippen molar-refractivity contribution in [1.82, 2.24) is 9.55 Å². The largest absolute Gasteiger partial charge is 0.433 e. The second-order valence-corrected chi connectivity index (χ2v) is 6.55. The number of rotatable bonds is 4. The van der Waals surface area contributed by atoms with Crippen molar-refractivity contribution in [1.29, 1.82) is 0 Å². The smallest absolute Gasteiger partial charge is 0.397 e. The zero-order valence-corrected chi connectivity index (χ0v) is 14.6. The molecule has 3 heterocycles. The van der Waals surface area contributed by atoms with Crippen LogP contribution >= 0.6 is 0 Å². The molecule has 0 bridgehead atoms. The third kappa shape index (κ3) is 3.16. The Kier molecular flexibility index (Phi) is 4.80. The Morgan fingerprint density at radius 1 is 1.17 bits per heavy atom. The first kappa shape index (κ1) is 19.4. The van der Waals surface area contributed by atoms with Gasteiger partial charge in [-0.15, -0.1) is 0 Å². The second kappa shape index (κ2) is 7.17. The molecular formula is C17H16FN3O8. The molecule has 1 fully saturated rings. The molecule has 0 spiro atoms. The molecule has 1 aliphatic heterocycles. The van der Waals surface area contributed by atoms with Crippen LogP contribution in [0, 0.1) is 15.9 Å². The molecular weight excluding hydrogens is 393 g/mol. The second-order valence-electron chi connectivity index (χ2n) is 6.55. The van der Waals surface area contributed by atoms with Crippen LogP contribution in [0.5, 0.6) is 0 Å². The van der Waals surface area contributed by atoms with Gasteiger partial charge in [0, 0.05) is 6.07 Å². The van der Waals surface area contributed by atoms with E-state index in [-0.39, 0.29) is 22.6 Å². The van der Waals surface area contributed by atoms with Gasteiger partial charge in [-0.3, -0.25) is 14.7 Å². The van der Waals surface area contributed by atoms with Gasteiger partial charge in [0.15, 0.2) is 17.8 Å². The van der Waals surface area contributed by atoms with Gasteiger partial charge >= 0.3 is 5.88 Å². The lowest BCUT2D eigenvalue weighted by Gasteiger charge is -2.40. The van der Waals surface area contributed by atoms with Crippen molar-refractivity contribution in [3.05, 3.63) is 46.3 Å². The molecule has 4 rings (SSSR count). The average Bonchev–Trinajstić information content (AvgIpc) is 3.31. The maximum absolute atomic E-state index is 13.7. The van der Waals surface area contributed by atoms with Crippen LogP contribution in [-0.2, 0) is 4.74 Å². The lowest BCUT2D eigenvalue weighted by molar-refractivity contribution is -0.401. The van der Waals surface area contributed by atoms with Crippen LogP contribution in [-0.4, -0.2) is 65.9 Å². The van der Waals surface area contributed by atoms with E-state index in [1.54, 1.807) is 0 Å². The minimum atomic E-state index is -1.66. The molecule has 11 nitrogen and oxygen atoms in total. The summed E-state index contributed by atoms with van der Waals surface area (Å²) in [6, 6.07) is 5.97. The summed E-state index contributed by atoms with van der Waals surface area (Å²) in [6.07, 6.45) is -7.46. The molecule has 0 unspecified atom stereocenters. The highest BCUT2D eigenvalue weighted by Gasteiger charge is 2.45. The monoisotopic (exact) mass is 409 g/mol. The number of nitro groups is 1. The summed E-state index contributed by atoms with van der Waals surface area (Å²) in [5.74, 6) is -1.25. The van der Waals surface area contributed by atoms with Gasteiger partial charge in [-0.1, -0.05) is 0 Å². The van der Waals surface area contributed by atoms with E-state index in [9.17, 15) is 34.9 Å². The van der Waals surface area contributed by atoms with Gasteiger partial charge < -0.3 is 29.6 Å². The van der Waals surface area contributed by atoms with Crippen molar-refractivity contribution in [3.8, 4) is 11.6 Å². The highest BCUT2D eigenvalue weighted by molar-refractivity contribution is 5.80. The summed E-state index contributed by atoms with van der Waals surface area (Å²) in [5.41, 5.74) is 0.404. The van der Waals surface area contributed by atoms with Gasteiger partial charge in [0.1, 0.15) is 35.2 Å². The number of fused-ring (bicyclic) bond motifs is 1. The molecule has 154 valence electrons. The lowest BCUT2D eigenvalue weighted by atomic mass is 9.98. The first-order valence-electron chi connectivity index (χ1n) is 8.54. The number of furan rings is 1. The first-order chi connectivity index (χ1) is 13.8. The standard InChI is InChI=1S/C17H16FN3O8/c18-7-1-2-9-8(5-7)19-16(10-3-4-12(28-10)21(26)27)20(9)17-15(25)14(24)13(23)11(6-22)29-17/h1-5,11,13-15,17,22-25H,6H2/t11-,13-,14+,15-,17+/m1/s1. The normalized spacial score (nSPS) is 27.4. The van der Waals surface area contributed by atoms with Crippen LogP contribution < -0.4 is 0 Å². The number of ether oxygens (including phenoxy) is 1. The first-order valence-corrected chi connectivity index (χ1v) is 8.54. The van der Waals surface area contributed by atoms with E-state index in [0.29, 0.717) is 0 Å². The molecule has 1 aliphatic rings. The Morgan fingerprint density at radius 3 is 2.59 bits per heavy atom. The van der Waals surface area contributed by atoms with Gasteiger partial charge in [0.25, 0.3) is 0 Å². The molecule has 0 amide bonds. The zero-order chi connectivity index (χ0) is 20.9. The molecule has 1 saturated heterocycles. The van der Waals surface area contributed by atoms with Gasteiger partial charge in [-0.25, -0.2) is 9.37 Å². The molecule has 5 atom stereocenters. The minimum absolute atomic E-state index is 0.0389. The predicted octanol–water partition coefficient (Wildman–Crippen LogP) is 0.316. The van der Waals surface area contributed by atoms with Crippen molar-refractivity contribution in [2.45, 2.75) is 30.6 Å². The molecule has 4 N–H and O–H groups in total. The predicted molar refractivity (Wildman–Crippen MR) is 93.1 cm³/mol. The van der Waals surface area contributed by atoms with Gasteiger partial charge in [-0.05, 0) is 18.2 Å². The highest BCUT2D eigenvalue weighted by atomic mass is 19.1. The van der Waals surface area contributed by atoms with Gasteiger partial charge in [0.05, 0.1) is 23.7 Å². The van der Waals surface area contributed by atoms with Crippen molar-refractivity contribution < 1.29 is 38.9 Å². The maximum atomic E-state index is 13.7.